The van der Waals surface area contributed by atoms with E-state index in [2.05, 4.69) is 0 Å². The third-order valence-corrected chi connectivity index (χ3v) is 1.65. The van der Waals surface area contributed by atoms with E-state index in [1.165, 1.54) is 0 Å². The van der Waals surface area contributed by atoms with E-state index in [0.717, 1.165) is 12.8 Å². The van der Waals surface area contributed by atoms with E-state index >= 15 is 0 Å². The summed E-state index contributed by atoms with van der Waals surface area (Å²) in [7, 11) is 0. The van der Waals surface area contributed by atoms with E-state index in [-0.39, 0.29) is 31.0 Å². The summed E-state index contributed by atoms with van der Waals surface area (Å²) in [5.74, 6) is -0.565. The summed E-state index contributed by atoms with van der Waals surface area (Å²) < 4.78 is 4.84. The SMILES string of the molecule is CCCCOC(=O)CCC(=O)CC#N. The Kier molecular flexibility index (Phi) is 7.43. The van der Waals surface area contributed by atoms with Crippen molar-refractivity contribution in [2.75, 3.05) is 6.61 Å². The van der Waals surface area contributed by atoms with Gasteiger partial charge in [0.2, 0.25) is 0 Å². The molecule has 0 aliphatic rings. The van der Waals surface area contributed by atoms with Crippen molar-refractivity contribution >= 4 is 11.8 Å². The second-order valence-electron chi connectivity index (χ2n) is 2.95. The first-order chi connectivity index (χ1) is 6.70. The molecule has 78 valence electrons. The molecule has 14 heavy (non-hydrogen) atoms. The Labute approximate surface area is 83.9 Å². The molecular weight excluding hydrogens is 182 g/mol. The van der Waals surface area contributed by atoms with Gasteiger partial charge in [-0.15, -0.1) is 0 Å². The van der Waals surface area contributed by atoms with E-state index in [0.29, 0.717) is 6.61 Å². The minimum absolute atomic E-state index is 0.0875. The molecule has 0 bridgehead atoms. The van der Waals surface area contributed by atoms with Crippen molar-refractivity contribution in [3.63, 3.8) is 0 Å². The van der Waals surface area contributed by atoms with E-state index in [4.69, 9.17) is 10.00 Å². The molecule has 0 saturated carbocycles. The lowest BCUT2D eigenvalue weighted by atomic mass is 10.2. The molecule has 0 aromatic rings. The number of esters is 1. The van der Waals surface area contributed by atoms with E-state index in [1.807, 2.05) is 6.92 Å². The van der Waals surface area contributed by atoms with Crippen LogP contribution in [0.3, 0.4) is 0 Å². The van der Waals surface area contributed by atoms with Gasteiger partial charge in [-0.25, -0.2) is 0 Å². The highest BCUT2D eigenvalue weighted by molar-refractivity contribution is 5.84. The molecule has 0 saturated heterocycles. The highest BCUT2D eigenvalue weighted by Crippen LogP contribution is 1.98. The molecule has 0 aliphatic carbocycles. The van der Waals surface area contributed by atoms with Gasteiger partial charge in [0.15, 0.2) is 0 Å². The molecule has 0 aromatic heterocycles. The van der Waals surface area contributed by atoms with Crippen molar-refractivity contribution in [2.24, 2.45) is 0 Å². The molecule has 0 unspecified atom stereocenters. The van der Waals surface area contributed by atoms with Crippen molar-refractivity contribution in [1.29, 1.82) is 5.26 Å². The van der Waals surface area contributed by atoms with Crippen molar-refractivity contribution in [3.05, 3.63) is 0 Å². The lowest BCUT2D eigenvalue weighted by Gasteiger charge is -2.02. The Bertz CT molecular complexity index is 230. The topological polar surface area (TPSA) is 67.2 Å². The Balaban J connectivity index is 3.45. The number of ketones is 1. The molecule has 0 rings (SSSR count). The van der Waals surface area contributed by atoms with Crippen LogP contribution in [0.25, 0.3) is 0 Å². The van der Waals surface area contributed by atoms with Gasteiger partial charge in [-0.3, -0.25) is 9.59 Å². The number of rotatable bonds is 7. The second-order valence-corrected chi connectivity index (χ2v) is 2.95. The van der Waals surface area contributed by atoms with Gasteiger partial charge >= 0.3 is 5.97 Å². The van der Waals surface area contributed by atoms with E-state index in [9.17, 15) is 9.59 Å². The number of hydrogen-bond acceptors (Lipinski definition) is 4. The largest absolute Gasteiger partial charge is 0.466 e. The number of hydrogen-bond donors (Lipinski definition) is 0. The van der Waals surface area contributed by atoms with Crippen LogP contribution in [0.4, 0.5) is 0 Å². The number of Topliss-reactive ketones (excluding diaryl/α,β-unsaturated/α-hetero) is 1. The highest BCUT2D eigenvalue weighted by Gasteiger charge is 2.06. The number of nitriles is 1. The van der Waals surface area contributed by atoms with Crippen molar-refractivity contribution in [1.82, 2.24) is 0 Å². The third-order valence-electron chi connectivity index (χ3n) is 1.65. The number of unbranched alkanes of at least 4 members (excludes halogenated alkanes) is 1. The molecule has 0 amide bonds. The van der Waals surface area contributed by atoms with Crippen LogP contribution in [0.2, 0.25) is 0 Å². The summed E-state index contributed by atoms with van der Waals surface area (Å²) in [5.41, 5.74) is 0. The zero-order valence-corrected chi connectivity index (χ0v) is 8.41. The van der Waals surface area contributed by atoms with Crippen LogP contribution >= 0.6 is 0 Å². The van der Waals surface area contributed by atoms with Crippen molar-refractivity contribution < 1.29 is 14.3 Å². The molecule has 0 N–H and O–H groups in total. The lowest BCUT2D eigenvalue weighted by molar-refractivity contribution is -0.144. The summed E-state index contributed by atoms with van der Waals surface area (Å²) in [5, 5.41) is 8.19. The summed E-state index contributed by atoms with van der Waals surface area (Å²) in [6.07, 6.45) is 1.89. The number of ether oxygens (including phenoxy) is 1. The first kappa shape index (κ1) is 12.6. The molecule has 0 radical (unpaired) electrons. The Hall–Kier alpha value is -1.37. The van der Waals surface area contributed by atoms with Crippen LogP contribution in [-0.2, 0) is 14.3 Å². The van der Waals surface area contributed by atoms with E-state index in [1.54, 1.807) is 6.07 Å². The fourth-order valence-corrected chi connectivity index (χ4v) is 0.821. The molecule has 4 heteroatoms. The molecule has 4 nitrogen and oxygen atoms in total. The van der Waals surface area contributed by atoms with Crippen LogP contribution in [0.1, 0.15) is 39.0 Å². The van der Waals surface area contributed by atoms with Crippen LogP contribution in [0.15, 0.2) is 0 Å². The van der Waals surface area contributed by atoms with Gasteiger partial charge in [0, 0.05) is 6.42 Å². The van der Waals surface area contributed by atoms with Gasteiger partial charge in [0.25, 0.3) is 0 Å². The van der Waals surface area contributed by atoms with Gasteiger partial charge in [-0.2, -0.15) is 5.26 Å². The molecule has 0 fully saturated rings. The molecule has 0 heterocycles. The number of carbonyl (C=O) groups is 2. The summed E-state index contributed by atoms with van der Waals surface area (Å²) in [6, 6.07) is 1.74. The van der Waals surface area contributed by atoms with Gasteiger partial charge in [-0.05, 0) is 6.42 Å². The minimum atomic E-state index is -0.357. The van der Waals surface area contributed by atoms with E-state index < -0.39 is 0 Å². The maximum absolute atomic E-state index is 11.0. The van der Waals surface area contributed by atoms with Crippen molar-refractivity contribution in [3.8, 4) is 6.07 Å². The molecule has 0 spiro atoms. The first-order valence-corrected chi connectivity index (χ1v) is 4.75. The standard InChI is InChI=1S/C10H15NO3/c1-2-3-8-14-10(13)5-4-9(12)6-7-11/h2-6,8H2,1H3. The van der Waals surface area contributed by atoms with Crippen molar-refractivity contribution in [2.45, 2.75) is 39.0 Å². The fourth-order valence-electron chi connectivity index (χ4n) is 0.821. The first-order valence-electron chi connectivity index (χ1n) is 4.75. The van der Waals surface area contributed by atoms with Crippen LogP contribution in [0, 0.1) is 11.3 Å². The maximum Gasteiger partial charge on any atom is 0.306 e. The monoisotopic (exact) mass is 197 g/mol. The predicted molar refractivity (Wildman–Crippen MR) is 50.3 cm³/mol. The summed E-state index contributed by atoms with van der Waals surface area (Å²) in [4.78, 5) is 21.8. The average molecular weight is 197 g/mol. The zero-order chi connectivity index (χ0) is 10.8. The lowest BCUT2D eigenvalue weighted by Crippen LogP contribution is -2.08. The van der Waals surface area contributed by atoms with Gasteiger partial charge in [-0.1, -0.05) is 13.3 Å². The summed E-state index contributed by atoms with van der Waals surface area (Å²) in [6.45, 7) is 2.42. The number of carbonyl (C=O) groups excluding carboxylic acids is 2. The normalized spacial score (nSPS) is 9.14. The van der Waals surface area contributed by atoms with Gasteiger partial charge in [0.05, 0.1) is 25.5 Å². The Morgan fingerprint density at radius 2 is 2.07 bits per heavy atom. The molecule has 0 atom stereocenters. The predicted octanol–water partition coefficient (Wildman–Crippen LogP) is 1.59. The van der Waals surface area contributed by atoms with Crippen LogP contribution in [-0.4, -0.2) is 18.4 Å². The Morgan fingerprint density at radius 1 is 1.36 bits per heavy atom. The fraction of sp³-hybridized carbons (Fsp3) is 0.700. The van der Waals surface area contributed by atoms with Crippen LogP contribution < -0.4 is 0 Å². The molecular formula is C10H15NO3. The smallest absolute Gasteiger partial charge is 0.306 e. The number of nitrogens with zero attached hydrogens (tertiary/aromatic N) is 1. The Morgan fingerprint density at radius 3 is 2.64 bits per heavy atom. The van der Waals surface area contributed by atoms with Gasteiger partial charge in [0.1, 0.15) is 5.78 Å². The highest BCUT2D eigenvalue weighted by atomic mass is 16.5. The average Bonchev–Trinajstić information content (AvgIpc) is 2.16. The molecule has 0 aromatic carbocycles. The van der Waals surface area contributed by atoms with Crippen LogP contribution in [0.5, 0.6) is 0 Å². The molecule has 0 aliphatic heterocycles. The quantitative estimate of drug-likeness (QED) is 0.459. The summed E-state index contributed by atoms with van der Waals surface area (Å²) >= 11 is 0. The van der Waals surface area contributed by atoms with Gasteiger partial charge < -0.3 is 4.74 Å². The maximum atomic E-state index is 11.0. The zero-order valence-electron chi connectivity index (χ0n) is 8.41. The third kappa shape index (κ3) is 7.29. The minimum Gasteiger partial charge on any atom is -0.466 e. The second kappa shape index (κ2) is 8.24.